The van der Waals surface area contributed by atoms with Crippen LogP contribution < -0.4 is 16.6 Å². The Hall–Kier alpha value is -2.59. The summed E-state index contributed by atoms with van der Waals surface area (Å²) in [6, 6.07) is 17.6. The number of benzene rings is 2. The van der Waals surface area contributed by atoms with E-state index < -0.39 is 0 Å². The van der Waals surface area contributed by atoms with E-state index in [1.807, 2.05) is 54.6 Å². The number of fused-ring (bicyclic) bond motifs is 1. The van der Waals surface area contributed by atoms with Gasteiger partial charge < -0.3 is 16.0 Å². The number of nitrogens with one attached hydrogen (secondary N) is 2. The summed E-state index contributed by atoms with van der Waals surface area (Å²) in [6.45, 7) is 1.20. The third kappa shape index (κ3) is 2.95. The van der Waals surface area contributed by atoms with E-state index in [4.69, 9.17) is 5.73 Å². The molecule has 0 atom stereocenters. The van der Waals surface area contributed by atoms with Crippen LogP contribution in [0.4, 0.5) is 5.82 Å². The average Bonchev–Trinajstić information content (AvgIpc) is 2.53. The molecule has 0 saturated heterocycles. The lowest BCUT2D eigenvalue weighted by Crippen LogP contribution is -2.10. The smallest absolute Gasteiger partial charge is 0.257 e. The summed E-state index contributed by atoms with van der Waals surface area (Å²) in [7, 11) is 0. The molecule has 0 bridgehead atoms. The zero-order chi connectivity index (χ0) is 14.7. The first kappa shape index (κ1) is 13.4. The number of H-pyrrole nitrogens is 1. The van der Waals surface area contributed by atoms with Crippen molar-refractivity contribution < 1.29 is 0 Å². The van der Waals surface area contributed by atoms with E-state index in [1.54, 1.807) is 0 Å². The maximum absolute atomic E-state index is 12.0. The van der Waals surface area contributed by atoms with Gasteiger partial charge in [0.05, 0.1) is 0 Å². The Morgan fingerprint density at radius 1 is 1.00 bits per heavy atom. The summed E-state index contributed by atoms with van der Waals surface area (Å²) in [5.41, 5.74) is 7.75. The molecule has 0 aliphatic carbocycles. The van der Waals surface area contributed by atoms with Gasteiger partial charge in [0.25, 0.3) is 5.56 Å². The van der Waals surface area contributed by atoms with Gasteiger partial charge in [-0.2, -0.15) is 0 Å². The van der Waals surface area contributed by atoms with Gasteiger partial charge >= 0.3 is 0 Å². The predicted octanol–water partition coefficient (Wildman–Crippen LogP) is 2.60. The van der Waals surface area contributed by atoms with Crippen LogP contribution in [0.15, 0.2) is 59.4 Å². The van der Waals surface area contributed by atoms with Crippen molar-refractivity contribution in [2.24, 2.45) is 5.73 Å². The lowest BCUT2D eigenvalue weighted by atomic mass is 10.1. The Balaban J connectivity index is 1.80. The highest BCUT2D eigenvalue weighted by Crippen LogP contribution is 2.13. The van der Waals surface area contributed by atoms with Crippen LogP contribution in [0.1, 0.15) is 11.1 Å². The summed E-state index contributed by atoms with van der Waals surface area (Å²) in [6.07, 6.45) is 0. The number of hydrogen-bond acceptors (Lipinski definition) is 3. The topological polar surface area (TPSA) is 70.9 Å². The molecular formula is C17H17N3O. The zero-order valence-electron chi connectivity index (χ0n) is 11.6. The Kier molecular flexibility index (Phi) is 3.71. The standard InChI is InChI=1S/C17H17N3O/c18-10-12-5-7-13(8-6-12)11-19-16-9-14-3-1-2-4-15(14)17(21)20-16/h1-9H,10-11,18H2,(H2,19,20,21). The lowest BCUT2D eigenvalue weighted by molar-refractivity contribution is 1.05. The number of pyridine rings is 1. The largest absolute Gasteiger partial charge is 0.367 e. The molecule has 4 nitrogen and oxygen atoms in total. The second-order valence-electron chi connectivity index (χ2n) is 4.97. The van der Waals surface area contributed by atoms with Crippen LogP contribution in [-0.4, -0.2) is 4.98 Å². The fraction of sp³-hybridized carbons (Fsp3) is 0.118. The molecule has 3 aromatic rings. The number of nitrogens with two attached hydrogens (primary N) is 1. The monoisotopic (exact) mass is 279 g/mol. The van der Waals surface area contributed by atoms with Crippen molar-refractivity contribution >= 4 is 16.6 Å². The summed E-state index contributed by atoms with van der Waals surface area (Å²) >= 11 is 0. The predicted molar refractivity (Wildman–Crippen MR) is 86.2 cm³/mol. The maximum Gasteiger partial charge on any atom is 0.257 e. The molecule has 0 saturated carbocycles. The van der Waals surface area contributed by atoms with E-state index in [0.717, 1.165) is 22.3 Å². The van der Waals surface area contributed by atoms with E-state index in [-0.39, 0.29) is 5.56 Å². The highest BCUT2D eigenvalue weighted by Gasteiger charge is 2.01. The van der Waals surface area contributed by atoms with Crippen molar-refractivity contribution in [3.8, 4) is 0 Å². The van der Waals surface area contributed by atoms with Gasteiger partial charge in [0.15, 0.2) is 0 Å². The van der Waals surface area contributed by atoms with Gasteiger partial charge in [-0.1, -0.05) is 42.5 Å². The van der Waals surface area contributed by atoms with E-state index in [0.29, 0.717) is 18.5 Å². The molecule has 4 N–H and O–H groups in total. The van der Waals surface area contributed by atoms with Crippen molar-refractivity contribution in [1.82, 2.24) is 4.98 Å². The molecule has 1 heterocycles. The van der Waals surface area contributed by atoms with Crippen LogP contribution in [0.2, 0.25) is 0 Å². The normalized spacial score (nSPS) is 10.7. The van der Waals surface area contributed by atoms with Crippen LogP contribution in [0.3, 0.4) is 0 Å². The van der Waals surface area contributed by atoms with E-state index >= 15 is 0 Å². The molecule has 0 aliphatic heterocycles. The van der Waals surface area contributed by atoms with Crippen molar-refractivity contribution in [2.75, 3.05) is 5.32 Å². The molecule has 4 heteroatoms. The van der Waals surface area contributed by atoms with Gasteiger partial charge in [-0.25, -0.2) is 0 Å². The summed E-state index contributed by atoms with van der Waals surface area (Å²) in [5, 5.41) is 4.88. The molecule has 21 heavy (non-hydrogen) atoms. The van der Waals surface area contributed by atoms with Gasteiger partial charge in [-0.15, -0.1) is 0 Å². The molecule has 0 fully saturated rings. The number of hydrogen-bond donors (Lipinski definition) is 3. The third-order valence-electron chi connectivity index (χ3n) is 3.50. The first-order chi connectivity index (χ1) is 10.3. The molecular weight excluding hydrogens is 262 g/mol. The molecule has 0 spiro atoms. The molecule has 0 amide bonds. The number of anilines is 1. The lowest BCUT2D eigenvalue weighted by Gasteiger charge is -2.08. The number of aromatic amines is 1. The Labute approximate surface area is 122 Å². The second kappa shape index (κ2) is 5.81. The molecule has 0 aliphatic rings. The maximum atomic E-state index is 12.0. The SMILES string of the molecule is NCc1ccc(CNc2cc3ccccc3c(=O)[nH]2)cc1. The van der Waals surface area contributed by atoms with E-state index in [1.165, 1.54) is 0 Å². The summed E-state index contributed by atoms with van der Waals surface area (Å²) in [4.78, 5) is 14.8. The minimum atomic E-state index is -0.0749. The van der Waals surface area contributed by atoms with Crippen LogP contribution >= 0.6 is 0 Å². The van der Waals surface area contributed by atoms with Crippen molar-refractivity contribution in [3.05, 3.63) is 76.1 Å². The summed E-state index contributed by atoms with van der Waals surface area (Å²) < 4.78 is 0. The third-order valence-corrected chi connectivity index (χ3v) is 3.50. The molecule has 0 unspecified atom stereocenters. The van der Waals surface area contributed by atoms with Crippen LogP contribution in [0.25, 0.3) is 10.8 Å². The molecule has 0 radical (unpaired) electrons. The number of rotatable bonds is 4. The summed E-state index contributed by atoms with van der Waals surface area (Å²) in [5.74, 6) is 0.724. The van der Waals surface area contributed by atoms with Gasteiger partial charge in [0.1, 0.15) is 5.82 Å². The van der Waals surface area contributed by atoms with Crippen molar-refractivity contribution in [3.63, 3.8) is 0 Å². The first-order valence-electron chi connectivity index (χ1n) is 6.90. The zero-order valence-corrected chi connectivity index (χ0v) is 11.6. The quantitative estimate of drug-likeness (QED) is 0.687. The highest BCUT2D eigenvalue weighted by molar-refractivity contribution is 5.83. The Morgan fingerprint density at radius 3 is 2.48 bits per heavy atom. The molecule has 106 valence electrons. The van der Waals surface area contributed by atoms with Gasteiger partial charge in [0, 0.05) is 18.5 Å². The van der Waals surface area contributed by atoms with Crippen LogP contribution in [0, 0.1) is 0 Å². The fourth-order valence-electron chi connectivity index (χ4n) is 2.30. The van der Waals surface area contributed by atoms with Gasteiger partial charge in [0.2, 0.25) is 0 Å². The van der Waals surface area contributed by atoms with Crippen molar-refractivity contribution in [2.45, 2.75) is 13.1 Å². The minimum Gasteiger partial charge on any atom is -0.367 e. The molecule has 1 aromatic heterocycles. The number of aromatic nitrogens is 1. The van der Waals surface area contributed by atoms with Crippen LogP contribution in [-0.2, 0) is 13.1 Å². The van der Waals surface area contributed by atoms with Gasteiger partial charge in [-0.05, 0) is 28.6 Å². The highest BCUT2D eigenvalue weighted by atomic mass is 16.1. The Bertz CT molecular complexity index is 806. The van der Waals surface area contributed by atoms with E-state index in [2.05, 4.69) is 10.3 Å². The molecule has 3 rings (SSSR count). The Morgan fingerprint density at radius 2 is 1.71 bits per heavy atom. The van der Waals surface area contributed by atoms with E-state index in [9.17, 15) is 4.79 Å². The van der Waals surface area contributed by atoms with Crippen molar-refractivity contribution in [1.29, 1.82) is 0 Å². The second-order valence-corrected chi connectivity index (χ2v) is 4.97. The average molecular weight is 279 g/mol. The van der Waals surface area contributed by atoms with Gasteiger partial charge in [-0.3, -0.25) is 4.79 Å². The minimum absolute atomic E-state index is 0.0749. The first-order valence-corrected chi connectivity index (χ1v) is 6.90. The molecule has 2 aromatic carbocycles. The fourth-order valence-corrected chi connectivity index (χ4v) is 2.30. The van der Waals surface area contributed by atoms with Crippen LogP contribution in [0.5, 0.6) is 0 Å².